The minimum absolute atomic E-state index is 0.00289. The van der Waals surface area contributed by atoms with Crippen LogP contribution >= 0.6 is 0 Å². The Bertz CT molecular complexity index is 699. The molecule has 0 unspecified atom stereocenters. The highest BCUT2D eigenvalue weighted by molar-refractivity contribution is 5.98. The highest BCUT2D eigenvalue weighted by Crippen LogP contribution is 2.33. The number of fused-ring (bicyclic) bond motifs is 1. The first-order valence-corrected chi connectivity index (χ1v) is 5.95. The summed E-state index contributed by atoms with van der Waals surface area (Å²) in [4.78, 5) is 23.8. The molecule has 2 aromatic carbocycles. The number of hydrogen-bond acceptors (Lipinski definition) is 5. The zero-order valence-corrected chi connectivity index (χ0v) is 10.4. The van der Waals surface area contributed by atoms with E-state index < -0.39 is 4.92 Å². The van der Waals surface area contributed by atoms with Crippen molar-refractivity contribution in [1.29, 1.82) is 0 Å². The van der Waals surface area contributed by atoms with Gasteiger partial charge in [-0.05, 0) is 18.2 Å². The Morgan fingerprint density at radius 1 is 1.15 bits per heavy atom. The minimum Gasteiger partial charge on any atom is -0.440 e. The van der Waals surface area contributed by atoms with E-state index in [0.717, 1.165) is 0 Å². The second kappa shape index (κ2) is 4.65. The van der Waals surface area contributed by atoms with Gasteiger partial charge in [-0.15, -0.1) is 0 Å². The average molecular weight is 270 g/mol. The van der Waals surface area contributed by atoms with Crippen molar-refractivity contribution in [2.75, 3.05) is 11.6 Å². The average Bonchev–Trinajstić information content (AvgIpc) is 2.48. The molecule has 0 saturated heterocycles. The van der Waals surface area contributed by atoms with Crippen LogP contribution in [0.3, 0.4) is 0 Å². The molecule has 0 saturated carbocycles. The third-order valence-corrected chi connectivity index (χ3v) is 3.09. The van der Waals surface area contributed by atoms with Crippen LogP contribution in [0.2, 0.25) is 0 Å². The summed E-state index contributed by atoms with van der Waals surface area (Å²) in [7, 11) is 0. The number of hydrogen-bond donors (Lipinski definition) is 0. The standard InChI is InChI=1S/C14H10N2O4/c17-14-12-6-1-2-7-13(12)15(9-20-14)10-4-3-5-11(8-10)16(18)19/h1-8H,9H2. The molecule has 6 heteroatoms. The lowest BCUT2D eigenvalue weighted by Crippen LogP contribution is -2.30. The third kappa shape index (κ3) is 1.97. The second-order valence-electron chi connectivity index (χ2n) is 4.28. The lowest BCUT2D eigenvalue weighted by atomic mass is 10.1. The van der Waals surface area contributed by atoms with E-state index in [2.05, 4.69) is 0 Å². The number of esters is 1. The molecule has 0 radical (unpaired) electrons. The number of anilines is 2. The molecule has 3 rings (SSSR count). The van der Waals surface area contributed by atoms with E-state index in [4.69, 9.17) is 4.74 Å². The fourth-order valence-electron chi connectivity index (χ4n) is 2.14. The summed E-state index contributed by atoms with van der Waals surface area (Å²) in [6.07, 6.45) is 0. The fourth-order valence-corrected chi connectivity index (χ4v) is 2.14. The van der Waals surface area contributed by atoms with Gasteiger partial charge in [0.2, 0.25) is 0 Å². The van der Waals surface area contributed by atoms with Crippen molar-refractivity contribution < 1.29 is 14.5 Å². The maximum atomic E-state index is 11.7. The third-order valence-electron chi connectivity index (χ3n) is 3.09. The van der Waals surface area contributed by atoms with Crippen LogP contribution in [0.4, 0.5) is 17.1 Å². The molecule has 1 heterocycles. The van der Waals surface area contributed by atoms with Crippen molar-refractivity contribution in [3.63, 3.8) is 0 Å². The summed E-state index contributed by atoms with van der Waals surface area (Å²) in [5, 5.41) is 10.8. The predicted molar refractivity (Wildman–Crippen MR) is 72.0 cm³/mol. The number of para-hydroxylation sites is 1. The van der Waals surface area contributed by atoms with Crippen molar-refractivity contribution in [1.82, 2.24) is 0 Å². The molecule has 0 N–H and O–H groups in total. The fraction of sp³-hybridized carbons (Fsp3) is 0.0714. The van der Waals surface area contributed by atoms with Gasteiger partial charge >= 0.3 is 5.97 Å². The Morgan fingerprint density at radius 3 is 2.75 bits per heavy atom. The molecular formula is C14H10N2O4. The lowest BCUT2D eigenvalue weighted by molar-refractivity contribution is -0.384. The number of carbonyl (C=O) groups excluding carboxylic acids is 1. The van der Waals surface area contributed by atoms with E-state index >= 15 is 0 Å². The molecule has 1 aliphatic heterocycles. The van der Waals surface area contributed by atoms with Crippen molar-refractivity contribution in [3.8, 4) is 0 Å². The molecule has 0 aromatic heterocycles. The smallest absolute Gasteiger partial charge is 0.342 e. The number of rotatable bonds is 2. The number of non-ortho nitro benzene ring substituents is 1. The van der Waals surface area contributed by atoms with E-state index in [1.165, 1.54) is 12.1 Å². The Hall–Kier alpha value is -2.89. The number of carbonyl (C=O) groups is 1. The number of nitro groups is 1. The van der Waals surface area contributed by atoms with Gasteiger partial charge in [0.1, 0.15) is 0 Å². The first-order chi connectivity index (χ1) is 9.66. The van der Waals surface area contributed by atoms with Crippen molar-refractivity contribution in [2.24, 2.45) is 0 Å². The Balaban J connectivity index is 2.08. The van der Waals surface area contributed by atoms with Crippen LogP contribution in [-0.4, -0.2) is 17.6 Å². The highest BCUT2D eigenvalue weighted by Gasteiger charge is 2.25. The van der Waals surface area contributed by atoms with E-state index in [-0.39, 0.29) is 18.4 Å². The Kier molecular flexibility index (Phi) is 2.83. The molecule has 0 aliphatic carbocycles. The molecular weight excluding hydrogens is 260 g/mol. The van der Waals surface area contributed by atoms with Crippen LogP contribution in [0.25, 0.3) is 0 Å². The van der Waals surface area contributed by atoms with Crippen molar-refractivity contribution >= 4 is 23.0 Å². The topological polar surface area (TPSA) is 72.7 Å². The van der Waals surface area contributed by atoms with Gasteiger partial charge in [-0.25, -0.2) is 4.79 Å². The maximum absolute atomic E-state index is 11.7. The molecule has 0 bridgehead atoms. The number of nitro benzene ring substituents is 1. The normalized spacial score (nSPS) is 13.6. The number of benzene rings is 2. The Morgan fingerprint density at radius 2 is 1.95 bits per heavy atom. The number of ether oxygens (including phenoxy) is 1. The molecule has 0 atom stereocenters. The highest BCUT2D eigenvalue weighted by atomic mass is 16.6. The molecule has 0 amide bonds. The zero-order chi connectivity index (χ0) is 14.1. The first kappa shape index (κ1) is 12.2. The lowest BCUT2D eigenvalue weighted by Gasteiger charge is -2.29. The minimum atomic E-state index is -0.453. The van der Waals surface area contributed by atoms with Crippen LogP contribution < -0.4 is 4.90 Å². The molecule has 0 fully saturated rings. The van der Waals surface area contributed by atoms with Gasteiger partial charge < -0.3 is 9.64 Å². The predicted octanol–water partition coefficient (Wildman–Crippen LogP) is 2.86. The van der Waals surface area contributed by atoms with Gasteiger partial charge in [0.25, 0.3) is 5.69 Å². The van der Waals surface area contributed by atoms with Gasteiger partial charge in [-0.3, -0.25) is 10.1 Å². The number of cyclic esters (lactones) is 1. The van der Waals surface area contributed by atoms with Crippen LogP contribution in [0.1, 0.15) is 10.4 Å². The van der Waals surface area contributed by atoms with Crippen LogP contribution in [-0.2, 0) is 4.74 Å². The summed E-state index contributed by atoms with van der Waals surface area (Å²) in [6, 6.07) is 13.2. The maximum Gasteiger partial charge on any atom is 0.342 e. The van der Waals surface area contributed by atoms with Crippen LogP contribution in [0.5, 0.6) is 0 Å². The van der Waals surface area contributed by atoms with Crippen LogP contribution in [0, 0.1) is 10.1 Å². The summed E-state index contributed by atoms with van der Waals surface area (Å²) in [5.41, 5.74) is 1.74. The van der Waals surface area contributed by atoms with E-state index in [1.807, 2.05) is 6.07 Å². The summed E-state index contributed by atoms with van der Waals surface area (Å²) >= 11 is 0. The number of nitrogens with zero attached hydrogens (tertiary/aromatic N) is 2. The van der Waals surface area contributed by atoms with E-state index in [1.54, 1.807) is 35.2 Å². The van der Waals surface area contributed by atoms with Gasteiger partial charge in [0, 0.05) is 12.1 Å². The molecule has 0 spiro atoms. The quantitative estimate of drug-likeness (QED) is 0.476. The van der Waals surface area contributed by atoms with Crippen molar-refractivity contribution in [3.05, 3.63) is 64.2 Å². The molecule has 100 valence electrons. The van der Waals surface area contributed by atoms with Crippen molar-refractivity contribution in [2.45, 2.75) is 0 Å². The SMILES string of the molecule is O=C1OCN(c2cccc([N+](=O)[O-])c2)c2ccccc21. The molecule has 1 aliphatic rings. The summed E-state index contributed by atoms with van der Waals surface area (Å²) in [6.45, 7) is 0.0387. The first-order valence-electron chi connectivity index (χ1n) is 5.95. The van der Waals surface area contributed by atoms with Gasteiger partial charge in [-0.2, -0.15) is 0 Å². The zero-order valence-electron chi connectivity index (χ0n) is 10.4. The second-order valence-corrected chi connectivity index (χ2v) is 4.28. The van der Waals surface area contributed by atoms with Crippen LogP contribution in [0.15, 0.2) is 48.5 Å². The van der Waals surface area contributed by atoms with E-state index in [0.29, 0.717) is 16.9 Å². The molecule has 6 nitrogen and oxygen atoms in total. The molecule has 2 aromatic rings. The van der Waals surface area contributed by atoms with E-state index in [9.17, 15) is 14.9 Å². The monoisotopic (exact) mass is 270 g/mol. The summed E-state index contributed by atoms with van der Waals surface area (Å²) < 4.78 is 5.09. The van der Waals surface area contributed by atoms with Gasteiger partial charge in [-0.1, -0.05) is 18.2 Å². The van der Waals surface area contributed by atoms with Gasteiger partial charge in [0.05, 0.1) is 21.9 Å². The Labute approximate surface area is 114 Å². The molecule has 20 heavy (non-hydrogen) atoms. The summed E-state index contributed by atoms with van der Waals surface area (Å²) in [5.74, 6) is -0.387. The largest absolute Gasteiger partial charge is 0.440 e. The van der Waals surface area contributed by atoms with Gasteiger partial charge in [0.15, 0.2) is 6.73 Å².